The van der Waals surface area contributed by atoms with Gasteiger partial charge in [0.05, 0.1) is 14.2 Å². The Bertz CT molecular complexity index is 701. The SMILES string of the molecule is COc1cc(/C=C2/N=C(C3CCCCC3)NC2=O)c(OC)cc1C. The summed E-state index contributed by atoms with van der Waals surface area (Å²) >= 11 is 0. The van der Waals surface area contributed by atoms with E-state index in [9.17, 15) is 4.79 Å². The molecule has 0 unspecified atom stereocenters. The fraction of sp³-hybridized carbons (Fsp3) is 0.474. The fourth-order valence-corrected chi connectivity index (χ4v) is 3.39. The van der Waals surface area contributed by atoms with Crippen LogP contribution in [0.3, 0.4) is 0 Å². The molecule has 1 heterocycles. The van der Waals surface area contributed by atoms with E-state index in [0.29, 0.717) is 17.4 Å². The minimum atomic E-state index is -0.142. The number of carbonyl (C=O) groups is 1. The van der Waals surface area contributed by atoms with Crippen LogP contribution in [0.4, 0.5) is 0 Å². The molecule has 0 aromatic heterocycles. The molecule has 2 aliphatic rings. The zero-order valence-electron chi connectivity index (χ0n) is 14.5. The van der Waals surface area contributed by atoms with Crippen LogP contribution < -0.4 is 14.8 Å². The maximum absolute atomic E-state index is 12.3. The lowest BCUT2D eigenvalue weighted by atomic mass is 9.88. The summed E-state index contributed by atoms with van der Waals surface area (Å²) in [5.41, 5.74) is 2.21. The van der Waals surface area contributed by atoms with Crippen molar-refractivity contribution in [1.82, 2.24) is 5.32 Å². The Labute approximate surface area is 142 Å². The molecule has 128 valence electrons. The van der Waals surface area contributed by atoms with E-state index >= 15 is 0 Å². The number of amides is 1. The Morgan fingerprint density at radius 1 is 1.12 bits per heavy atom. The van der Waals surface area contributed by atoms with E-state index in [0.717, 1.165) is 35.6 Å². The van der Waals surface area contributed by atoms with Crippen molar-refractivity contribution in [3.63, 3.8) is 0 Å². The predicted molar refractivity (Wildman–Crippen MR) is 94.4 cm³/mol. The molecule has 0 spiro atoms. The number of carbonyl (C=O) groups excluding carboxylic acids is 1. The molecule has 5 heteroatoms. The van der Waals surface area contributed by atoms with E-state index in [1.165, 1.54) is 19.3 Å². The molecular formula is C19H24N2O3. The van der Waals surface area contributed by atoms with Gasteiger partial charge in [0.1, 0.15) is 23.0 Å². The number of benzene rings is 1. The summed E-state index contributed by atoms with van der Waals surface area (Å²) in [5.74, 6) is 2.52. The smallest absolute Gasteiger partial charge is 0.275 e. The molecule has 1 saturated carbocycles. The summed E-state index contributed by atoms with van der Waals surface area (Å²) in [6, 6.07) is 3.78. The van der Waals surface area contributed by atoms with Crippen molar-refractivity contribution >= 4 is 17.8 Å². The van der Waals surface area contributed by atoms with Crippen molar-refractivity contribution in [2.24, 2.45) is 10.9 Å². The highest BCUT2D eigenvalue weighted by Crippen LogP contribution is 2.31. The Kier molecular flexibility index (Phi) is 4.88. The van der Waals surface area contributed by atoms with Crippen molar-refractivity contribution < 1.29 is 14.3 Å². The van der Waals surface area contributed by atoms with Gasteiger partial charge < -0.3 is 14.8 Å². The third kappa shape index (κ3) is 3.30. The summed E-state index contributed by atoms with van der Waals surface area (Å²) in [4.78, 5) is 16.8. The lowest BCUT2D eigenvalue weighted by Crippen LogP contribution is -2.31. The van der Waals surface area contributed by atoms with Gasteiger partial charge in [-0.25, -0.2) is 4.99 Å². The second-order valence-corrected chi connectivity index (χ2v) is 6.38. The lowest BCUT2D eigenvalue weighted by Gasteiger charge is -2.20. The number of aliphatic imine (C=N–C) groups is 1. The molecule has 1 fully saturated rings. The first-order chi connectivity index (χ1) is 11.6. The first kappa shape index (κ1) is 16.6. The molecule has 0 bridgehead atoms. The summed E-state index contributed by atoms with van der Waals surface area (Å²) in [6.07, 6.45) is 7.68. The van der Waals surface area contributed by atoms with Gasteiger partial charge in [0.25, 0.3) is 5.91 Å². The third-order valence-corrected chi connectivity index (χ3v) is 4.75. The van der Waals surface area contributed by atoms with Gasteiger partial charge in [-0.15, -0.1) is 0 Å². The standard InChI is InChI=1S/C19H24N2O3/c1-12-9-17(24-3)14(11-16(12)23-2)10-15-19(22)21-18(20-15)13-7-5-4-6-8-13/h9-11,13H,4-8H2,1-3H3,(H,20,21,22)/b15-10+. The third-order valence-electron chi connectivity index (χ3n) is 4.75. The minimum absolute atomic E-state index is 0.142. The van der Waals surface area contributed by atoms with Gasteiger partial charge in [-0.1, -0.05) is 19.3 Å². The molecule has 3 rings (SSSR count). The predicted octanol–water partition coefficient (Wildman–Crippen LogP) is 3.46. The number of hydrogen-bond donors (Lipinski definition) is 1. The molecule has 1 aliphatic heterocycles. The van der Waals surface area contributed by atoms with Crippen LogP contribution in [0.15, 0.2) is 22.8 Å². The van der Waals surface area contributed by atoms with Gasteiger partial charge in [0.15, 0.2) is 0 Å². The molecule has 0 atom stereocenters. The van der Waals surface area contributed by atoms with Gasteiger partial charge in [0.2, 0.25) is 0 Å². The van der Waals surface area contributed by atoms with Crippen LogP contribution in [0.5, 0.6) is 11.5 Å². The molecule has 5 nitrogen and oxygen atoms in total. The van der Waals surface area contributed by atoms with Gasteiger partial charge in [-0.3, -0.25) is 4.79 Å². The lowest BCUT2D eigenvalue weighted by molar-refractivity contribution is -0.115. The highest BCUT2D eigenvalue weighted by atomic mass is 16.5. The number of methoxy groups -OCH3 is 2. The first-order valence-corrected chi connectivity index (χ1v) is 8.46. The number of hydrogen-bond acceptors (Lipinski definition) is 4. The van der Waals surface area contributed by atoms with Crippen LogP contribution in [0.1, 0.15) is 43.2 Å². The van der Waals surface area contributed by atoms with Crippen LogP contribution in [0.2, 0.25) is 0 Å². The second kappa shape index (κ2) is 7.07. The van der Waals surface area contributed by atoms with Crippen molar-refractivity contribution in [3.8, 4) is 11.5 Å². The molecule has 0 radical (unpaired) electrons. The average molecular weight is 328 g/mol. The molecule has 1 N–H and O–H groups in total. The maximum atomic E-state index is 12.3. The highest BCUT2D eigenvalue weighted by Gasteiger charge is 2.27. The number of nitrogens with zero attached hydrogens (tertiary/aromatic N) is 1. The Balaban J connectivity index is 1.92. The monoisotopic (exact) mass is 328 g/mol. The molecule has 1 aromatic carbocycles. The van der Waals surface area contributed by atoms with Crippen molar-refractivity contribution in [2.45, 2.75) is 39.0 Å². The molecule has 0 saturated heterocycles. The van der Waals surface area contributed by atoms with Crippen molar-refractivity contribution in [2.75, 3.05) is 14.2 Å². The van der Waals surface area contributed by atoms with Crippen LogP contribution in [-0.4, -0.2) is 26.0 Å². The summed E-state index contributed by atoms with van der Waals surface area (Å²) in [6.45, 7) is 1.96. The van der Waals surface area contributed by atoms with Crippen LogP contribution in [0, 0.1) is 12.8 Å². The Morgan fingerprint density at radius 2 is 1.83 bits per heavy atom. The van der Waals surface area contributed by atoms with E-state index in [4.69, 9.17) is 9.47 Å². The number of amidine groups is 1. The van der Waals surface area contributed by atoms with E-state index in [1.54, 1.807) is 20.3 Å². The fourth-order valence-electron chi connectivity index (χ4n) is 3.39. The number of rotatable bonds is 4. The van der Waals surface area contributed by atoms with Gasteiger partial charge in [-0.05, 0) is 43.5 Å². The summed E-state index contributed by atoms with van der Waals surface area (Å²) in [7, 11) is 3.25. The van der Waals surface area contributed by atoms with Crippen LogP contribution in [-0.2, 0) is 4.79 Å². The van der Waals surface area contributed by atoms with Crippen LogP contribution in [0.25, 0.3) is 6.08 Å². The normalized spacial score (nSPS) is 20.0. The molecule has 1 amide bonds. The van der Waals surface area contributed by atoms with Crippen LogP contribution >= 0.6 is 0 Å². The number of aryl methyl sites for hydroxylation is 1. The van der Waals surface area contributed by atoms with Crippen molar-refractivity contribution in [1.29, 1.82) is 0 Å². The first-order valence-electron chi connectivity index (χ1n) is 8.46. The zero-order valence-corrected chi connectivity index (χ0v) is 14.5. The number of nitrogens with one attached hydrogen (secondary N) is 1. The molecule has 24 heavy (non-hydrogen) atoms. The largest absolute Gasteiger partial charge is 0.496 e. The topological polar surface area (TPSA) is 59.9 Å². The quantitative estimate of drug-likeness (QED) is 0.861. The zero-order chi connectivity index (χ0) is 17.1. The van der Waals surface area contributed by atoms with E-state index in [1.807, 2.05) is 19.1 Å². The Morgan fingerprint density at radius 3 is 2.50 bits per heavy atom. The van der Waals surface area contributed by atoms with Crippen molar-refractivity contribution in [3.05, 3.63) is 29.0 Å². The number of ether oxygens (including phenoxy) is 2. The second-order valence-electron chi connectivity index (χ2n) is 6.38. The van der Waals surface area contributed by atoms with E-state index < -0.39 is 0 Å². The summed E-state index contributed by atoms with van der Waals surface area (Å²) < 4.78 is 10.8. The highest BCUT2D eigenvalue weighted by molar-refractivity contribution is 6.15. The molecule has 1 aromatic rings. The van der Waals surface area contributed by atoms with E-state index in [-0.39, 0.29) is 5.91 Å². The molecule has 1 aliphatic carbocycles. The van der Waals surface area contributed by atoms with E-state index in [2.05, 4.69) is 10.3 Å². The minimum Gasteiger partial charge on any atom is -0.496 e. The molecular weight excluding hydrogens is 304 g/mol. The Hall–Kier alpha value is -2.30. The summed E-state index contributed by atoms with van der Waals surface area (Å²) in [5, 5.41) is 2.94. The maximum Gasteiger partial charge on any atom is 0.275 e. The van der Waals surface area contributed by atoms with Gasteiger partial charge in [0, 0.05) is 11.5 Å². The average Bonchev–Trinajstić information content (AvgIpc) is 2.97. The van der Waals surface area contributed by atoms with Gasteiger partial charge in [-0.2, -0.15) is 0 Å². The van der Waals surface area contributed by atoms with Gasteiger partial charge >= 0.3 is 0 Å².